The average molecular weight is 361 g/mol. The number of nitrogens with zero attached hydrogens (tertiary/aromatic N) is 1. The van der Waals surface area contributed by atoms with Crippen LogP contribution in [0.3, 0.4) is 0 Å². The molecule has 4 rings (SSSR count). The number of pyridine rings is 1. The van der Waals surface area contributed by atoms with E-state index in [9.17, 15) is 9.90 Å². The Morgan fingerprint density at radius 1 is 1.35 bits per heavy atom. The summed E-state index contributed by atoms with van der Waals surface area (Å²) in [6.07, 6.45) is 6.60. The standard InChI is InChI=1S/C19H27N3O4/c23-17(22-10-12-3-2-6-20-9-12)8-14-7-15-19(25-14)18(24)16(26-15)11-21-13-4-1-5-13/h2-3,6,9,13-16,18-19,21,24H,1,4-5,7-8,10-11H2,(H,22,23). The minimum atomic E-state index is -0.629. The topological polar surface area (TPSA) is 92.7 Å². The van der Waals surface area contributed by atoms with Gasteiger partial charge in [0.2, 0.25) is 5.91 Å². The van der Waals surface area contributed by atoms with Crippen molar-refractivity contribution in [3.8, 4) is 0 Å². The van der Waals surface area contributed by atoms with Crippen molar-refractivity contribution >= 4 is 5.91 Å². The Balaban J connectivity index is 1.19. The highest BCUT2D eigenvalue weighted by molar-refractivity contribution is 5.76. The molecule has 1 saturated carbocycles. The molecule has 1 aromatic heterocycles. The molecular weight excluding hydrogens is 334 g/mol. The van der Waals surface area contributed by atoms with Gasteiger partial charge in [0, 0.05) is 37.9 Å². The van der Waals surface area contributed by atoms with Crippen molar-refractivity contribution in [2.45, 2.75) is 75.2 Å². The Labute approximate surface area is 153 Å². The molecule has 142 valence electrons. The number of hydrogen-bond acceptors (Lipinski definition) is 6. The SMILES string of the molecule is O=C(CC1CC2OC(CNC3CCC3)C(O)C2O1)NCc1cccnc1. The molecule has 1 aromatic rings. The fourth-order valence-electron chi connectivity index (χ4n) is 3.89. The summed E-state index contributed by atoms with van der Waals surface area (Å²) in [6.45, 7) is 1.12. The number of carbonyl (C=O) groups is 1. The number of aliphatic hydroxyl groups is 1. The van der Waals surface area contributed by atoms with Crippen LogP contribution >= 0.6 is 0 Å². The highest BCUT2D eigenvalue weighted by Crippen LogP contribution is 2.35. The number of amides is 1. The number of ether oxygens (including phenoxy) is 2. The Bertz CT molecular complexity index is 610. The van der Waals surface area contributed by atoms with Crippen LogP contribution in [0.2, 0.25) is 0 Å². The first-order valence-corrected chi connectivity index (χ1v) is 9.57. The molecule has 3 aliphatic rings. The van der Waals surface area contributed by atoms with Crippen LogP contribution in [0.25, 0.3) is 0 Å². The highest BCUT2D eigenvalue weighted by Gasteiger charge is 2.50. The van der Waals surface area contributed by atoms with Gasteiger partial charge in [-0.05, 0) is 24.5 Å². The molecule has 1 amide bonds. The van der Waals surface area contributed by atoms with Gasteiger partial charge in [0.15, 0.2) is 0 Å². The molecule has 7 heteroatoms. The predicted molar refractivity (Wildman–Crippen MR) is 94.3 cm³/mol. The first kappa shape index (κ1) is 17.9. The fraction of sp³-hybridized carbons (Fsp3) is 0.684. The van der Waals surface area contributed by atoms with E-state index in [2.05, 4.69) is 15.6 Å². The molecule has 2 aliphatic heterocycles. The summed E-state index contributed by atoms with van der Waals surface area (Å²) in [5.74, 6) is -0.0588. The lowest BCUT2D eigenvalue weighted by molar-refractivity contribution is -0.124. The van der Waals surface area contributed by atoms with Crippen LogP contribution in [-0.2, 0) is 20.8 Å². The normalized spacial score (nSPS) is 33.7. The van der Waals surface area contributed by atoms with Gasteiger partial charge in [0.05, 0.1) is 24.7 Å². The van der Waals surface area contributed by atoms with Crippen LogP contribution in [-0.4, -0.2) is 59.1 Å². The zero-order valence-corrected chi connectivity index (χ0v) is 14.8. The van der Waals surface area contributed by atoms with Gasteiger partial charge >= 0.3 is 0 Å². The van der Waals surface area contributed by atoms with Crippen molar-refractivity contribution < 1.29 is 19.4 Å². The molecule has 7 nitrogen and oxygen atoms in total. The number of hydrogen-bond donors (Lipinski definition) is 3. The van der Waals surface area contributed by atoms with E-state index < -0.39 is 6.10 Å². The van der Waals surface area contributed by atoms with Gasteiger partial charge in [-0.3, -0.25) is 9.78 Å². The molecule has 5 atom stereocenters. The molecule has 1 aliphatic carbocycles. The predicted octanol–water partition coefficient (Wildman–Crippen LogP) is 0.516. The van der Waals surface area contributed by atoms with Gasteiger partial charge in [0.1, 0.15) is 12.2 Å². The number of aromatic nitrogens is 1. The molecule has 2 saturated heterocycles. The summed E-state index contributed by atoms with van der Waals surface area (Å²) in [7, 11) is 0. The maximum atomic E-state index is 12.1. The molecule has 3 N–H and O–H groups in total. The maximum absolute atomic E-state index is 12.1. The van der Waals surface area contributed by atoms with Crippen LogP contribution in [0, 0.1) is 0 Å². The lowest BCUT2D eigenvalue weighted by atomic mass is 9.93. The summed E-state index contributed by atoms with van der Waals surface area (Å²) in [5.41, 5.74) is 0.964. The van der Waals surface area contributed by atoms with Crippen LogP contribution in [0.4, 0.5) is 0 Å². The summed E-state index contributed by atoms with van der Waals surface area (Å²) in [6, 6.07) is 4.34. The fourth-order valence-corrected chi connectivity index (χ4v) is 3.89. The quantitative estimate of drug-likeness (QED) is 0.656. The molecule has 26 heavy (non-hydrogen) atoms. The number of aliphatic hydroxyl groups excluding tert-OH is 1. The minimum absolute atomic E-state index is 0.0588. The second kappa shape index (κ2) is 8.00. The Morgan fingerprint density at radius 3 is 2.92 bits per heavy atom. The molecule has 0 aromatic carbocycles. The molecule has 5 unspecified atom stereocenters. The smallest absolute Gasteiger partial charge is 0.222 e. The van der Waals surface area contributed by atoms with Crippen molar-refractivity contribution in [1.29, 1.82) is 0 Å². The number of rotatable bonds is 7. The van der Waals surface area contributed by atoms with E-state index in [-0.39, 0.29) is 36.7 Å². The highest BCUT2D eigenvalue weighted by atomic mass is 16.6. The minimum Gasteiger partial charge on any atom is -0.388 e. The van der Waals surface area contributed by atoms with E-state index in [1.807, 2.05) is 12.1 Å². The van der Waals surface area contributed by atoms with Gasteiger partial charge in [-0.15, -0.1) is 0 Å². The number of carbonyl (C=O) groups excluding carboxylic acids is 1. The number of fused-ring (bicyclic) bond motifs is 1. The van der Waals surface area contributed by atoms with E-state index in [0.717, 1.165) is 5.56 Å². The van der Waals surface area contributed by atoms with Gasteiger partial charge in [-0.2, -0.15) is 0 Å². The lowest BCUT2D eigenvalue weighted by Gasteiger charge is -2.29. The molecule has 0 bridgehead atoms. The largest absolute Gasteiger partial charge is 0.388 e. The van der Waals surface area contributed by atoms with Crippen LogP contribution < -0.4 is 10.6 Å². The first-order chi connectivity index (χ1) is 12.7. The second-order valence-corrected chi connectivity index (χ2v) is 7.54. The summed E-state index contributed by atoms with van der Waals surface area (Å²) in [5, 5.41) is 16.8. The van der Waals surface area contributed by atoms with Gasteiger partial charge in [0.25, 0.3) is 0 Å². The van der Waals surface area contributed by atoms with Gasteiger partial charge in [-0.1, -0.05) is 12.5 Å². The van der Waals surface area contributed by atoms with Crippen LogP contribution in [0.1, 0.15) is 37.7 Å². The van der Waals surface area contributed by atoms with Gasteiger partial charge < -0.3 is 25.2 Å². The third-order valence-electron chi connectivity index (χ3n) is 5.62. The van der Waals surface area contributed by atoms with Crippen LogP contribution in [0.5, 0.6) is 0 Å². The van der Waals surface area contributed by atoms with Crippen molar-refractivity contribution in [2.75, 3.05) is 6.54 Å². The second-order valence-electron chi connectivity index (χ2n) is 7.54. The summed E-state index contributed by atoms with van der Waals surface area (Å²) in [4.78, 5) is 16.2. The monoisotopic (exact) mass is 361 g/mol. The molecule has 0 radical (unpaired) electrons. The zero-order chi connectivity index (χ0) is 17.9. The molecule has 3 fully saturated rings. The van der Waals surface area contributed by atoms with Crippen molar-refractivity contribution in [3.63, 3.8) is 0 Å². The Morgan fingerprint density at radius 2 is 2.23 bits per heavy atom. The molecule has 3 heterocycles. The Kier molecular flexibility index (Phi) is 5.49. The summed E-state index contributed by atoms with van der Waals surface area (Å²) >= 11 is 0. The van der Waals surface area contributed by atoms with E-state index in [0.29, 0.717) is 25.6 Å². The van der Waals surface area contributed by atoms with E-state index in [1.54, 1.807) is 12.4 Å². The van der Waals surface area contributed by atoms with E-state index in [4.69, 9.17) is 9.47 Å². The first-order valence-electron chi connectivity index (χ1n) is 9.57. The average Bonchev–Trinajstić information content (AvgIpc) is 3.12. The molecule has 0 spiro atoms. The van der Waals surface area contributed by atoms with Crippen molar-refractivity contribution in [1.82, 2.24) is 15.6 Å². The van der Waals surface area contributed by atoms with E-state index in [1.165, 1.54) is 19.3 Å². The maximum Gasteiger partial charge on any atom is 0.222 e. The number of nitrogens with one attached hydrogen (secondary N) is 2. The third-order valence-corrected chi connectivity index (χ3v) is 5.62. The summed E-state index contributed by atoms with van der Waals surface area (Å²) < 4.78 is 11.9. The third kappa shape index (κ3) is 4.06. The molecular formula is C19H27N3O4. The van der Waals surface area contributed by atoms with Crippen LogP contribution in [0.15, 0.2) is 24.5 Å². The van der Waals surface area contributed by atoms with Gasteiger partial charge in [-0.25, -0.2) is 0 Å². The van der Waals surface area contributed by atoms with Crippen molar-refractivity contribution in [2.24, 2.45) is 0 Å². The lowest BCUT2D eigenvalue weighted by Crippen LogP contribution is -2.44. The van der Waals surface area contributed by atoms with Crippen molar-refractivity contribution in [3.05, 3.63) is 30.1 Å². The zero-order valence-electron chi connectivity index (χ0n) is 14.8. The Hall–Kier alpha value is -1.54. The van der Waals surface area contributed by atoms with E-state index >= 15 is 0 Å².